The van der Waals surface area contributed by atoms with Crippen molar-refractivity contribution in [2.75, 3.05) is 5.32 Å². The van der Waals surface area contributed by atoms with Gasteiger partial charge in [0.2, 0.25) is 0 Å². The molecule has 0 fully saturated rings. The van der Waals surface area contributed by atoms with Crippen LogP contribution in [0.2, 0.25) is 5.02 Å². The SMILES string of the molecule is O=C(N/C=C/c1ccccc1F)Nc1ccc(Cl)c(C(F)(F)F)c1. The topological polar surface area (TPSA) is 41.1 Å². The van der Waals surface area contributed by atoms with E-state index in [1.807, 2.05) is 0 Å². The summed E-state index contributed by atoms with van der Waals surface area (Å²) in [6, 6.07) is 8.11. The van der Waals surface area contributed by atoms with E-state index in [4.69, 9.17) is 11.6 Å². The number of alkyl halides is 3. The quantitative estimate of drug-likeness (QED) is 0.719. The average Bonchev–Trinajstić information content (AvgIpc) is 2.50. The van der Waals surface area contributed by atoms with Crippen LogP contribution in [0, 0.1) is 5.82 Å². The molecule has 0 aliphatic carbocycles. The molecule has 0 bridgehead atoms. The fourth-order valence-electron chi connectivity index (χ4n) is 1.80. The minimum Gasteiger partial charge on any atom is -0.314 e. The van der Waals surface area contributed by atoms with Crippen molar-refractivity contribution in [2.45, 2.75) is 6.18 Å². The Balaban J connectivity index is 2.02. The van der Waals surface area contributed by atoms with Gasteiger partial charge >= 0.3 is 12.2 Å². The van der Waals surface area contributed by atoms with Crippen molar-refractivity contribution in [1.29, 1.82) is 0 Å². The summed E-state index contributed by atoms with van der Waals surface area (Å²) in [6.07, 6.45) is -2.14. The predicted octanol–water partition coefficient (Wildman–Crippen LogP) is 5.29. The van der Waals surface area contributed by atoms with Gasteiger partial charge in [-0.1, -0.05) is 29.8 Å². The Morgan fingerprint density at radius 2 is 1.83 bits per heavy atom. The number of carbonyl (C=O) groups excluding carboxylic acids is 1. The van der Waals surface area contributed by atoms with E-state index in [9.17, 15) is 22.4 Å². The average molecular weight is 359 g/mol. The van der Waals surface area contributed by atoms with Crippen molar-refractivity contribution in [3.05, 3.63) is 70.6 Å². The van der Waals surface area contributed by atoms with Gasteiger partial charge in [0.15, 0.2) is 0 Å². The Morgan fingerprint density at radius 1 is 1.12 bits per heavy atom. The van der Waals surface area contributed by atoms with Crippen molar-refractivity contribution >= 4 is 29.4 Å². The number of amides is 2. The number of hydrogen-bond donors (Lipinski definition) is 2. The molecule has 24 heavy (non-hydrogen) atoms. The number of anilines is 1. The first kappa shape index (κ1) is 17.8. The van der Waals surface area contributed by atoms with Crippen LogP contribution in [-0.2, 0) is 6.18 Å². The van der Waals surface area contributed by atoms with Crippen LogP contribution in [0.3, 0.4) is 0 Å². The van der Waals surface area contributed by atoms with Gasteiger partial charge in [-0.05, 0) is 30.3 Å². The summed E-state index contributed by atoms with van der Waals surface area (Å²) in [5.74, 6) is -0.469. The number of rotatable bonds is 3. The Kier molecular flexibility index (Phi) is 5.46. The summed E-state index contributed by atoms with van der Waals surface area (Å²) in [5, 5.41) is 4.03. The Labute approximate surface area is 139 Å². The molecule has 2 aromatic carbocycles. The first-order valence-corrected chi connectivity index (χ1v) is 7.00. The molecule has 0 aliphatic heterocycles. The molecule has 126 valence electrons. The smallest absolute Gasteiger partial charge is 0.314 e. The van der Waals surface area contributed by atoms with E-state index in [1.165, 1.54) is 36.5 Å². The number of halogens is 5. The molecule has 0 saturated heterocycles. The molecule has 0 spiro atoms. The summed E-state index contributed by atoms with van der Waals surface area (Å²) >= 11 is 5.49. The van der Waals surface area contributed by atoms with Crippen LogP contribution in [0.25, 0.3) is 6.08 Å². The Morgan fingerprint density at radius 3 is 2.50 bits per heavy atom. The first-order valence-electron chi connectivity index (χ1n) is 6.63. The second kappa shape index (κ2) is 7.35. The van der Waals surface area contributed by atoms with E-state index in [0.29, 0.717) is 0 Å². The zero-order valence-corrected chi connectivity index (χ0v) is 12.8. The second-order valence-corrected chi connectivity index (χ2v) is 5.05. The summed E-state index contributed by atoms with van der Waals surface area (Å²) in [4.78, 5) is 11.7. The molecule has 0 saturated carbocycles. The zero-order valence-electron chi connectivity index (χ0n) is 12.0. The van der Waals surface area contributed by atoms with Crippen LogP contribution in [0.1, 0.15) is 11.1 Å². The van der Waals surface area contributed by atoms with Gasteiger partial charge in [0.25, 0.3) is 0 Å². The Bertz CT molecular complexity index is 775. The second-order valence-electron chi connectivity index (χ2n) is 4.65. The predicted molar refractivity (Wildman–Crippen MR) is 84.0 cm³/mol. The van der Waals surface area contributed by atoms with E-state index >= 15 is 0 Å². The number of hydrogen-bond acceptors (Lipinski definition) is 1. The lowest BCUT2D eigenvalue weighted by Crippen LogP contribution is -2.24. The van der Waals surface area contributed by atoms with E-state index in [-0.39, 0.29) is 11.3 Å². The molecular formula is C16H11ClF4N2O. The minimum absolute atomic E-state index is 0.0801. The summed E-state index contributed by atoms with van der Waals surface area (Å²) in [6.45, 7) is 0. The fraction of sp³-hybridized carbons (Fsp3) is 0.0625. The van der Waals surface area contributed by atoms with Gasteiger partial charge in [0.05, 0.1) is 10.6 Å². The monoisotopic (exact) mass is 358 g/mol. The molecule has 0 radical (unpaired) electrons. The van der Waals surface area contributed by atoms with Gasteiger partial charge in [0.1, 0.15) is 5.82 Å². The molecule has 0 atom stereocenters. The largest absolute Gasteiger partial charge is 0.417 e. The highest BCUT2D eigenvalue weighted by Crippen LogP contribution is 2.36. The van der Waals surface area contributed by atoms with Gasteiger partial charge in [-0.15, -0.1) is 0 Å². The van der Waals surface area contributed by atoms with Crippen LogP contribution in [-0.4, -0.2) is 6.03 Å². The molecule has 2 aromatic rings. The standard InChI is InChI=1S/C16H11ClF4N2O/c17-13-6-5-11(9-12(13)16(19,20)21)23-15(24)22-8-7-10-3-1-2-4-14(10)18/h1-9H,(H2,22,23,24)/b8-7+. The lowest BCUT2D eigenvalue weighted by Gasteiger charge is -2.11. The third kappa shape index (κ3) is 4.73. The first-order chi connectivity index (χ1) is 11.3. The molecule has 3 nitrogen and oxygen atoms in total. The number of urea groups is 1. The molecular weight excluding hydrogens is 348 g/mol. The number of benzene rings is 2. The van der Waals surface area contributed by atoms with Gasteiger partial charge in [0, 0.05) is 17.5 Å². The van der Waals surface area contributed by atoms with Crippen LogP contribution in [0.15, 0.2) is 48.7 Å². The molecule has 2 amide bonds. The summed E-state index contributed by atoms with van der Waals surface area (Å²) in [7, 11) is 0. The van der Waals surface area contributed by atoms with Crippen molar-refractivity contribution in [3.63, 3.8) is 0 Å². The third-order valence-corrected chi connectivity index (χ3v) is 3.24. The van der Waals surface area contributed by atoms with Crippen molar-refractivity contribution in [1.82, 2.24) is 5.32 Å². The van der Waals surface area contributed by atoms with Gasteiger partial charge in [-0.25, -0.2) is 9.18 Å². The molecule has 0 unspecified atom stereocenters. The molecule has 2 N–H and O–H groups in total. The minimum atomic E-state index is -4.63. The normalized spacial score (nSPS) is 11.5. The van der Waals surface area contributed by atoms with Gasteiger partial charge in [-0.2, -0.15) is 13.2 Å². The molecule has 0 heterocycles. The van der Waals surface area contributed by atoms with E-state index in [2.05, 4.69) is 10.6 Å². The molecule has 2 rings (SSSR count). The highest BCUT2D eigenvalue weighted by atomic mass is 35.5. The van der Waals surface area contributed by atoms with Gasteiger partial charge < -0.3 is 10.6 Å². The van der Waals surface area contributed by atoms with E-state index in [1.54, 1.807) is 6.07 Å². The lowest BCUT2D eigenvalue weighted by molar-refractivity contribution is -0.137. The van der Waals surface area contributed by atoms with Crippen molar-refractivity contribution < 1.29 is 22.4 Å². The van der Waals surface area contributed by atoms with Crippen molar-refractivity contribution in [2.24, 2.45) is 0 Å². The third-order valence-electron chi connectivity index (χ3n) is 2.91. The van der Waals surface area contributed by atoms with Crippen LogP contribution in [0.5, 0.6) is 0 Å². The maximum atomic E-state index is 13.4. The van der Waals surface area contributed by atoms with Crippen LogP contribution < -0.4 is 10.6 Å². The molecule has 8 heteroatoms. The highest BCUT2D eigenvalue weighted by molar-refractivity contribution is 6.31. The van der Waals surface area contributed by atoms with Gasteiger partial charge in [-0.3, -0.25) is 0 Å². The summed E-state index contributed by atoms with van der Waals surface area (Å²) in [5.41, 5.74) is -0.879. The number of carbonyl (C=O) groups is 1. The maximum absolute atomic E-state index is 13.4. The highest BCUT2D eigenvalue weighted by Gasteiger charge is 2.33. The Hall–Kier alpha value is -2.54. The van der Waals surface area contributed by atoms with Crippen LogP contribution >= 0.6 is 11.6 Å². The molecule has 0 aromatic heterocycles. The zero-order chi connectivity index (χ0) is 17.7. The lowest BCUT2D eigenvalue weighted by atomic mass is 10.2. The number of nitrogens with one attached hydrogen (secondary N) is 2. The fourth-order valence-corrected chi connectivity index (χ4v) is 2.03. The summed E-state index contributed by atoms with van der Waals surface area (Å²) < 4.78 is 51.6. The van der Waals surface area contributed by atoms with E-state index < -0.39 is 28.6 Å². The van der Waals surface area contributed by atoms with Crippen LogP contribution in [0.4, 0.5) is 28.0 Å². The molecule has 0 aliphatic rings. The maximum Gasteiger partial charge on any atom is 0.417 e. The van der Waals surface area contributed by atoms with Crippen molar-refractivity contribution in [3.8, 4) is 0 Å². The van der Waals surface area contributed by atoms with E-state index in [0.717, 1.165) is 12.1 Å².